The molecule has 12 heteroatoms. The molecule has 1 aromatic heterocycles. The van der Waals surface area contributed by atoms with E-state index in [9.17, 15) is 30.8 Å². The van der Waals surface area contributed by atoms with Gasteiger partial charge in [0.25, 0.3) is 5.56 Å². The summed E-state index contributed by atoms with van der Waals surface area (Å²) in [5.74, 6) is 0.0444. The Labute approximate surface area is 190 Å². The van der Waals surface area contributed by atoms with Crippen molar-refractivity contribution in [1.82, 2.24) is 9.29 Å². The fourth-order valence-electron chi connectivity index (χ4n) is 3.02. The van der Waals surface area contributed by atoms with Gasteiger partial charge in [-0.05, 0) is 30.3 Å². The maximum Gasteiger partial charge on any atom is 0.417 e. The monoisotopic (exact) mass is 508 g/mol. The van der Waals surface area contributed by atoms with Gasteiger partial charge in [-0.2, -0.15) is 24.9 Å². The third-order valence-corrected chi connectivity index (χ3v) is 7.48. The number of aryl methyl sites for hydroxylation is 1. The zero-order valence-electron chi connectivity index (χ0n) is 16.5. The normalized spacial score (nSPS) is 12.4. The molecular weight excluding hydrogens is 492 g/mol. The van der Waals surface area contributed by atoms with Gasteiger partial charge in [-0.1, -0.05) is 17.7 Å². The first-order valence-electron chi connectivity index (χ1n) is 9.13. The molecule has 0 amide bonds. The van der Waals surface area contributed by atoms with E-state index in [1.54, 1.807) is 6.07 Å². The van der Waals surface area contributed by atoms with Crippen molar-refractivity contribution in [2.45, 2.75) is 16.8 Å². The number of thioether (sulfide) groups is 1. The zero-order chi connectivity index (χ0) is 23.7. The molecule has 0 aliphatic carbocycles. The Morgan fingerprint density at radius 1 is 1.16 bits per heavy atom. The molecule has 0 aliphatic rings. The average Bonchev–Trinajstić information content (AvgIpc) is 2.71. The molecule has 1 heterocycles. The van der Waals surface area contributed by atoms with Gasteiger partial charge in [0.1, 0.15) is 5.82 Å². The summed E-state index contributed by atoms with van der Waals surface area (Å²) in [6.45, 7) is -0.0312. The van der Waals surface area contributed by atoms with E-state index in [1.807, 2.05) is 0 Å². The molecule has 0 atom stereocenters. The van der Waals surface area contributed by atoms with Gasteiger partial charge < -0.3 is 4.57 Å². The maximum atomic E-state index is 13.8. The Morgan fingerprint density at radius 3 is 2.53 bits per heavy atom. The molecule has 1 N–H and O–H groups in total. The fraction of sp³-hybridized carbons (Fsp3) is 0.250. The van der Waals surface area contributed by atoms with Gasteiger partial charge in [0.2, 0.25) is 10.0 Å². The SMILES string of the molecule is Cn1c(=O)cc(C(F)(F)F)c2cc(S(=O)(=O)NCCSCc3c(F)cccc3Cl)ccc21. The maximum absolute atomic E-state index is 13.8. The second-order valence-corrected chi connectivity index (χ2v) is 10.1. The summed E-state index contributed by atoms with van der Waals surface area (Å²) >= 11 is 7.19. The summed E-state index contributed by atoms with van der Waals surface area (Å²) < 4.78 is 82.4. The number of nitrogens with zero attached hydrogens (tertiary/aromatic N) is 1. The number of pyridine rings is 1. The van der Waals surface area contributed by atoms with Gasteiger partial charge in [-0.25, -0.2) is 17.5 Å². The largest absolute Gasteiger partial charge is 0.417 e. The molecule has 0 saturated heterocycles. The Hall–Kier alpha value is -2.08. The highest BCUT2D eigenvalue weighted by Gasteiger charge is 2.34. The lowest BCUT2D eigenvalue weighted by molar-refractivity contribution is -0.136. The first-order valence-corrected chi connectivity index (χ1v) is 12.1. The van der Waals surface area contributed by atoms with Crippen LogP contribution in [0.3, 0.4) is 0 Å². The van der Waals surface area contributed by atoms with Crippen molar-refractivity contribution in [3.05, 3.63) is 74.8 Å². The standard InChI is InChI=1S/C20H17ClF4N2O3S2/c1-27-18-6-5-12(9-13(18)15(10-19(27)28)20(23,24)25)32(29,30)26-7-8-31-11-14-16(21)3-2-4-17(14)22/h2-6,9-10,26H,7-8,11H2,1H3. The number of sulfonamides is 1. The molecular formula is C20H17ClF4N2O3S2. The Balaban J connectivity index is 1.76. The molecule has 172 valence electrons. The van der Waals surface area contributed by atoms with Crippen molar-refractivity contribution < 1.29 is 26.0 Å². The smallest absolute Gasteiger partial charge is 0.311 e. The van der Waals surface area contributed by atoms with Gasteiger partial charge in [0, 0.05) is 47.1 Å². The highest BCUT2D eigenvalue weighted by Crippen LogP contribution is 2.34. The first kappa shape index (κ1) is 24.6. The fourth-order valence-corrected chi connectivity index (χ4v) is 5.40. The lowest BCUT2D eigenvalue weighted by Gasteiger charge is -2.14. The lowest BCUT2D eigenvalue weighted by atomic mass is 10.1. The minimum absolute atomic E-state index is 0.0312. The quantitative estimate of drug-likeness (QED) is 0.375. The molecule has 0 bridgehead atoms. The van der Waals surface area contributed by atoms with E-state index in [4.69, 9.17) is 11.6 Å². The highest BCUT2D eigenvalue weighted by atomic mass is 35.5. The van der Waals surface area contributed by atoms with Crippen LogP contribution in [0, 0.1) is 5.82 Å². The average molecular weight is 509 g/mol. The van der Waals surface area contributed by atoms with Crippen LogP contribution in [0.2, 0.25) is 5.02 Å². The summed E-state index contributed by atoms with van der Waals surface area (Å²) in [7, 11) is -2.81. The summed E-state index contributed by atoms with van der Waals surface area (Å²) in [5.41, 5.74) is -1.79. The summed E-state index contributed by atoms with van der Waals surface area (Å²) in [5, 5.41) is -0.129. The van der Waals surface area contributed by atoms with Crippen molar-refractivity contribution in [3.8, 4) is 0 Å². The van der Waals surface area contributed by atoms with Gasteiger partial charge in [0.15, 0.2) is 0 Å². The van der Waals surface area contributed by atoms with E-state index in [1.165, 1.54) is 30.9 Å². The Bertz CT molecular complexity index is 1300. The molecule has 5 nitrogen and oxygen atoms in total. The molecule has 0 saturated carbocycles. The summed E-state index contributed by atoms with van der Waals surface area (Å²) in [4.78, 5) is 11.5. The van der Waals surface area contributed by atoms with Crippen molar-refractivity contribution in [2.75, 3.05) is 12.3 Å². The molecule has 0 unspecified atom stereocenters. The molecule has 3 rings (SSSR count). The predicted octanol–water partition coefficient (Wildman–Crippen LogP) is 4.56. The van der Waals surface area contributed by atoms with E-state index < -0.39 is 38.5 Å². The summed E-state index contributed by atoms with van der Waals surface area (Å²) in [6.07, 6.45) is -4.83. The van der Waals surface area contributed by atoms with Crippen LogP contribution in [0.4, 0.5) is 17.6 Å². The Kier molecular flexibility index (Phi) is 7.23. The molecule has 0 radical (unpaired) electrons. The van der Waals surface area contributed by atoms with Gasteiger partial charge in [0.05, 0.1) is 16.0 Å². The number of hydrogen-bond acceptors (Lipinski definition) is 4. The van der Waals surface area contributed by atoms with E-state index in [0.717, 1.165) is 22.8 Å². The topological polar surface area (TPSA) is 68.2 Å². The minimum atomic E-state index is -4.83. The number of hydrogen-bond donors (Lipinski definition) is 1. The molecule has 2 aromatic carbocycles. The van der Waals surface area contributed by atoms with Crippen molar-refractivity contribution in [3.63, 3.8) is 0 Å². The van der Waals surface area contributed by atoms with E-state index in [-0.39, 0.29) is 33.5 Å². The zero-order valence-corrected chi connectivity index (χ0v) is 18.9. The number of rotatable bonds is 7. The van der Waals surface area contributed by atoms with Crippen molar-refractivity contribution in [1.29, 1.82) is 0 Å². The van der Waals surface area contributed by atoms with Crippen LogP contribution in [0.15, 0.2) is 52.2 Å². The number of halogens is 5. The van der Waals surface area contributed by atoms with Crippen molar-refractivity contribution in [2.24, 2.45) is 7.05 Å². The number of aromatic nitrogens is 1. The number of benzene rings is 2. The van der Waals surface area contributed by atoms with E-state index >= 15 is 0 Å². The van der Waals surface area contributed by atoms with Crippen LogP contribution in [0.5, 0.6) is 0 Å². The predicted molar refractivity (Wildman–Crippen MR) is 117 cm³/mol. The third kappa shape index (κ3) is 5.28. The van der Waals surface area contributed by atoms with Gasteiger partial charge >= 0.3 is 6.18 Å². The molecule has 0 aliphatic heterocycles. The number of nitrogens with one attached hydrogen (secondary N) is 1. The van der Waals surface area contributed by atoms with Crippen LogP contribution >= 0.6 is 23.4 Å². The highest BCUT2D eigenvalue weighted by molar-refractivity contribution is 7.98. The van der Waals surface area contributed by atoms with E-state index in [0.29, 0.717) is 11.6 Å². The second-order valence-electron chi connectivity index (χ2n) is 6.78. The summed E-state index contributed by atoms with van der Waals surface area (Å²) in [6, 6.07) is 7.93. The van der Waals surface area contributed by atoms with Crippen LogP contribution in [0.1, 0.15) is 11.1 Å². The van der Waals surface area contributed by atoms with Crippen LogP contribution in [-0.4, -0.2) is 25.3 Å². The van der Waals surface area contributed by atoms with Crippen LogP contribution < -0.4 is 10.3 Å². The third-order valence-electron chi connectivity index (χ3n) is 4.68. The van der Waals surface area contributed by atoms with Gasteiger partial charge in [-0.3, -0.25) is 4.79 Å². The van der Waals surface area contributed by atoms with Crippen molar-refractivity contribution >= 4 is 44.3 Å². The molecule has 0 spiro atoms. The first-order chi connectivity index (χ1) is 14.9. The lowest BCUT2D eigenvalue weighted by Crippen LogP contribution is -2.26. The van der Waals surface area contributed by atoms with Crippen LogP contribution in [-0.2, 0) is 29.0 Å². The molecule has 0 fully saturated rings. The number of fused-ring (bicyclic) bond motifs is 1. The molecule has 3 aromatic rings. The Morgan fingerprint density at radius 2 is 1.88 bits per heavy atom. The van der Waals surface area contributed by atoms with E-state index in [2.05, 4.69) is 4.72 Å². The number of alkyl halides is 3. The minimum Gasteiger partial charge on any atom is -0.311 e. The second kappa shape index (κ2) is 9.42. The van der Waals surface area contributed by atoms with Crippen LogP contribution in [0.25, 0.3) is 10.9 Å². The van der Waals surface area contributed by atoms with Gasteiger partial charge in [-0.15, -0.1) is 0 Å². The molecule has 32 heavy (non-hydrogen) atoms.